The first-order chi connectivity index (χ1) is 26.3. The van der Waals surface area contributed by atoms with Crippen molar-refractivity contribution in [3.63, 3.8) is 0 Å². The Balaban J connectivity index is 4.39. The maximum atomic E-state index is 12.5. The van der Waals surface area contributed by atoms with E-state index in [1.54, 1.807) is 0 Å². The summed E-state index contributed by atoms with van der Waals surface area (Å²) in [6.45, 7) is 3.04. The summed E-state index contributed by atoms with van der Waals surface area (Å²) in [5, 5.41) is 18.3. The lowest BCUT2D eigenvalue weighted by molar-refractivity contribution is -0.154. The van der Waals surface area contributed by atoms with Crippen molar-refractivity contribution in [3.8, 4) is 0 Å². The average molecular weight is 775 g/mol. The molecule has 54 heavy (non-hydrogen) atoms. The van der Waals surface area contributed by atoms with Gasteiger partial charge >= 0.3 is 13.8 Å². The van der Waals surface area contributed by atoms with Gasteiger partial charge in [-0.15, -0.1) is 0 Å². The molecule has 9 nitrogen and oxygen atoms in total. The minimum absolute atomic E-state index is 0.0110. The zero-order chi connectivity index (χ0) is 39.6. The van der Waals surface area contributed by atoms with Crippen LogP contribution in [-0.2, 0) is 27.9 Å². The minimum atomic E-state index is -4.55. The summed E-state index contributed by atoms with van der Waals surface area (Å²) in [5.41, 5.74) is 0. The highest BCUT2D eigenvalue weighted by molar-refractivity contribution is 7.47. The van der Waals surface area contributed by atoms with Gasteiger partial charge in [0.2, 0.25) is 0 Å². The van der Waals surface area contributed by atoms with Gasteiger partial charge in [0.25, 0.3) is 0 Å². The number of phosphoric ester groups is 1. The lowest BCUT2D eigenvalue weighted by Crippen LogP contribution is -2.29. The van der Waals surface area contributed by atoms with Crippen LogP contribution in [0.4, 0.5) is 0 Å². The van der Waals surface area contributed by atoms with Crippen LogP contribution in [0, 0.1) is 0 Å². The smallest absolute Gasteiger partial charge is 0.457 e. The van der Waals surface area contributed by atoms with E-state index in [0.29, 0.717) is 13.0 Å². The van der Waals surface area contributed by atoms with E-state index < -0.39 is 45.8 Å². The Hall–Kier alpha value is -2.88. The molecule has 0 aromatic heterocycles. The molecule has 0 aliphatic heterocycles. The first kappa shape index (κ1) is 51.1. The molecular formula is C44H71O9P. The van der Waals surface area contributed by atoms with Crippen molar-refractivity contribution >= 4 is 13.8 Å². The number of carbonyl (C=O) groups is 1. The largest absolute Gasteiger partial charge is 0.472 e. The van der Waals surface area contributed by atoms with E-state index in [-0.39, 0.29) is 13.0 Å². The Morgan fingerprint density at radius 1 is 0.574 bits per heavy atom. The topological polar surface area (TPSA) is 132 Å². The maximum Gasteiger partial charge on any atom is 0.472 e. The molecule has 0 rings (SSSR count). The van der Waals surface area contributed by atoms with E-state index in [0.717, 1.165) is 89.9 Å². The van der Waals surface area contributed by atoms with Crippen molar-refractivity contribution in [2.75, 3.05) is 33.0 Å². The second-order valence-electron chi connectivity index (χ2n) is 12.5. The molecule has 3 atom stereocenters. The third kappa shape index (κ3) is 38.8. The molecule has 306 valence electrons. The van der Waals surface area contributed by atoms with Crippen molar-refractivity contribution in [1.29, 1.82) is 0 Å². The molecule has 0 aliphatic rings. The highest BCUT2D eigenvalue weighted by Crippen LogP contribution is 2.43. The Labute approximate surface area is 327 Å². The molecule has 0 amide bonds. The number of allylic oxidation sites excluding steroid dienone is 18. The highest BCUT2D eigenvalue weighted by Gasteiger charge is 2.26. The Morgan fingerprint density at radius 3 is 1.46 bits per heavy atom. The number of rotatable bonds is 36. The van der Waals surface area contributed by atoms with Gasteiger partial charge in [0.15, 0.2) is 0 Å². The van der Waals surface area contributed by atoms with Crippen LogP contribution < -0.4 is 0 Å². The fourth-order valence-electron chi connectivity index (χ4n) is 4.50. The molecule has 0 heterocycles. The molecule has 0 radical (unpaired) electrons. The molecule has 3 unspecified atom stereocenters. The number of hydrogen-bond acceptors (Lipinski definition) is 8. The summed E-state index contributed by atoms with van der Waals surface area (Å²) >= 11 is 0. The zero-order valence-electron chi connectivity index (χ0n) is 33.1. The summed E-state index contributed by atoms with van der Waals surface area (Å²) in [6, 6.07) is 0. The van der Waals surface area contributed by atoms with E-state index in [1.165, 1.54) is 0 Å². The molecule has 10 heteroatoms. The first-order valence-corrected chi connectivity index (χ1v) is 21.4. The highest BCUT2D eigenvalue weighted by atomic mass is 31.2. The van der Waals surface area contributed by atoms with E-state index in [2.05, 4.69) is 123 Å². The lowest BCUT2D eigenvalue weighted by atomic mass is 10.1. The predicted molar refractivity (Wildman–Crippen MR) is 223 cm³/mol. The number of ether oxygens (including phenoxy) is 2. The molecule has 0 saturated heterocycles. The van der Waals surface area contributed by atoms with Crippen LogP contribution in [0.25, 0.3) is 0 Å². The number of aliphatic hydroxyl groups excluding tert-OH is 2. The second kappa shape index (κ2) is 39.8. The molecule has 0 aliphatic carbocycles. The van der Waals surface area contributed by atoms with Crippen LogP contribution in [0.15, 0.2) is 109 Å². The summed E-state index contributed by atoms with van der Waals surface area (Å²) in [7, 11) is -4.55. The van der Waals surface area contributed by atoms with Gasteiger partial charge in [-0.1, -0.05) is 130 Å². The van der Waals surface area contributed by atoms with Crippen LogP contribution in [0.5, 0.6) is 0 Å². The second-order valence-corrected chi connectivity index (χ2v) is 14.0. The van der Waals surface area contributed by atoms with Gasteiger partial charge in [0.05, 0.1) is 26.4 Å². The van der Waals surface area contributed by atoms with Crippen LogP contribution in [0.3, 0.4) is 0 Å². The van der Waals surface area contributed by atoms with Crippen LogP contribution in [0.1, 0.15) is 117 Å². The monoisotopic (exact) mass is 774 g/mol. The van der Waals surface area contributed by atoms with Crippen molar-refractivity contribution < 1.29 is 43.0 Å². The Morgan fingerprint density at radius 2 is 1.00 bits per heavy atom. The average Bonchev–Trinajstić information content (AvgIpc) is 3.16. The van der Waals surface area contributed by atoms with Gasteiger partial charge in [-0.2, -0.15) is 0 Å². The fraction of sp³-hybridized carbons (Fsp3) is 0.568. The molecule has 0 saturated carbocycles. The summed E-state index contributed by atoms with van der Waals surface area (Å²) in [5.74, 6) is -0.438. The van der Waals surface area contributed by atoms with Crippen molar-refractivity contribution in [2.24, 2.45) is 0 Å². The Kier molecular flexibility index (Phi) is 37.7. The number of carbonyl (C=O) groups excluding carboxylic acids is 1. The first-order valence-electron chi connectivity index (χ1n) is 19.9. The molecule has 0 fully saturated rings. The SMILES string of the molecule is CC/C=C\C/C=C\C/C=C\C/C=C\C/C=C\C/C=C\CCCOCC(COP(=O)(O)OCC(O)CO)OC(=O)CCCCC/C=C\C/C=C\C/C=C\CC. The molecule has 0 aromatic rings. The molecule has 0 bridgehead atoms. The normalized spacial score (nSPS) is 15.3. The molecule has 3 N–H and O–H groups in total. The number of aliphatic hydroxyl groups is 2. The standard InChI is InChI=1S/C44H71O9P/c1-3-5-7-9-11-13-15-17-18-19-20-21-22-23-25-27-29-31-33-35-37-50-40-43(41-52-54(48,49)51-39-42(46)38-45)53-44(47)36-34-32-30-28-26-24-16-14-12-10-8-6-4-2/h5-8,11-14,17-18,20-21,23-26,29,31,42-43,45-46H,3-4,9-10,15-16,19,22,27-28,30,32-41H2,1-2H3,(H,48,49)/b7-5-,8-6-,13-11-,14-12-,18-17-,21-20-,25-23-,26-24-,31-29-. The van der Waals surface area contributed by atoms with Crippen molar-refractivity contribution in [2.45, 2.75) is 129 Å². The quantitative estimate of drug-likeness (QED) is 0.0246. The van der Waals surface area contributed by atoms with Gasteiger partial charge in [0.1, 0.15) is 12.2 Å². The molecule has 0 aromatic carbocycles. The fourth-order valence-corrected chi connectivity index (χ4v) is 5.29. The van der Waals surface area contributed by atoms with E-state index in [9.17, 15) is 19.4 Å². The van der Waals surface area contributed by atoms with Crippen LogP contribution in [0.2, 0.25) is 0 Å². The third-order valence-electron chi connectivity index (χ3n) is 7.45. The Bertz CT molecular complexity index is 1200. The summed E-state index contributed by atoms with van der Waals surface area (Å²) in [4.78, 5) is 22.5. The number of phosphoric acid groups is 1. The van der Waals surface area contributed by atoms with Gasteiger partial charge in [-0.3, -0.25) is 13.8 Å². The van der Waals surface area contributed by atoms with Crippen molar-refractivity contribution in [1.82, 2.24) is 0 Å². The summed E-state index contributed by atoms with van der Waals surface area (Å²) in [6.07, 6.45) is 50.6. The zero-order valence-corrected chi connectivity index (χ0v) is 34.0. The van der Waals surface area contributed by atoms with Gasteiger partial charge < -0.3 is 24.6 Å². The van der Waals surface area contributed by atoms with E-state index >= 15 is 0 Å². The molecular weight excluding hydrogens is 703 g/mol. The molecule has 0 spiro atoms. The van der Waals surface area contributed by atoms with Crippen molar-refractivity contribution in [3.05, 3.63) is 109 Å². The number of hydrogen-bond donors (Lipinski definition) is 3. The third-order valence-corrected chi connectivity index (χ3v) is 8.40. The van der Waals surface area contributed by atoms with Gasteiger partial charge in [0, 0.05) is 13.0 Å². The summed E-state index contributed by atoms with van der Waals surface area (Å²) < 4.78 is 33.2. The van der Waals surface area contributed by atoms with Crippen LogP contribution in [-0.4, -0.2) is 66.3 Å². The minimum Gasteiger partial charge on any atom is -0.457 e. The maximum absolute atomic E-state index is 12.5. The number of esters is 1. The predicted octanol–water partition coefficient (Wildman–Crippen LogP) is 10.7. The lowest BCUT2D eigenvalue weighted by Gasteiger charge is -2.20. The van der Waals surface area contributed by atoms with E-state index in [4.69, 9.17) is 23.6 Å². The van der Waals surface area contributed by atoms with E-state index in [1.807, 2.05) is 0 Å². The van der Waals surface area contributed by atoms with Gasteiger partial charge in [-0.25, -0.2) is 4.57 Å². The van der Waals surface area contributed by atoms with Crippen LogP contribution >= 0.6 is 7.82 Å². The number of unbranched alkanes of at least 4 members (excludes halogenated alkanes) is 4. The van der Waals surface area contributed by atoms with Gasteiger partial charge in [-0.05, 0) is 89.9 Å².